The summed E-state index contributed by atoms with van der Waals surface area (Å²) in [5.74, 6) is 0. The molecule has 0 amide bonds. The molecule has 2 aromatic rings. The number of halogens is 1. The fourth-order valence-corrected chi connectivity index (χ4v) is 1.88. The van der Waals surface area contributed by atoms with Gasteiger partial charge in [0, 0.05) is 23.3 Å². The quantitative estimate of drug-likeness (QED) is 0.888. The fourth-order valence-electron chi connectivity index (χ4n) is 1.71. The molecule has 0 aliphatic rings. The molecule has 3 nitrogen and oxygen atoms in total. The van der Waals surface area contributed by atoms with Crippen LogP contribution in [0.1, 0.15) is 11.3 Å². The second kappa shape index (κ2) is 4.68. The van der Waals surface area contributed by atoms with Crippen molar-refractivity contribution in [1.29, 1.82) is 0 Å². The van der Waals surface area contributed by atoms with Crippen molar-refractivity contribution in [2.24, 2.45) is 5.73 Å². The molecule has 84 valence electrons. The lowest BCUT2D eigenvalue weighted by Crippen LogP contribution is -2.08. The van der Waals surface area contributed by atoms with Crippen LogP contribution in [0, 0.1) is 6.92 Å². The molecule has 0 bridgehead atoms. The first-order valence-corrected chi connectivity index (χ1v) is 5.58. The molecule has 0 aliphatic heterocycles. The Kier molecular flexibility index (Phi) is 3.27. The molecule has 0 saturated carbocycles. The van der Waals surface area contributed by atoms with Crippen molar-refractivity contribution in [1.82, 2.24) is 9.55 Å². The highest BCUT2D eigenvalue weighted by molar-refractivity contribution is 6.30. The highest BCUT2D eigenvalue weighted by Gasteiger charge is 2.06. The van der Waals surface area contributed by atoms with Gasteiger partial charge in [-0.05, 0) is 31.2 Å². The number of hydrogen-bond donors (Lipinski definition) is 1. The van der Waals surface area contributed by atoms with Gasteiger partial charge in [-0.15, -0.1) is 0 Å². The van der Waals surface area contributed by atoms with Gasteiger partial charge in [-0.1, -0.05) is 17.7 Å². The molecule has 0 aliphatic carbocycles. The molecule has 1 heterocycles. The largest absolute Gasteiger partial charge is 0.330 e. The number of aromatic nitrogens is 2. The van der Waals surface area contributed by atoms with Gasteiger partial charge >= 0.3 is 0 Å². The molecule has 0 unspecified atom stereocenters. The number of nitrogens with two attached hydrogens (primary N) is 1. The monoisotopic (exact) mass is 235 g/mol. The van der Waals surface area contributed by atoms with Crippen LogP contribution in [0.3, 0.4) is 0 Å². The first-order valence-electron chi connectivity index (χ1n) is 5.20. The summed E-state index contributed by atoms with van der Waals surface area (Å²) in [5, 5.41) is 0.730. The zero-order valence-electron chi connectivity index (χ0n) is 9.15. The molecule has 0 fully saturated rings. The van der Waals surface area contributed by atoms with Crippen LogP contribution in [-0.4, -0.2) is 16.1 Å². The fraction of sp³-hybridized carbons (Fsp3) is 0.250. The third kappa shape index (κ3) is 2.10. The van der Waals surface area contributed by atoms with Gasteiger partial charge in [0.2, 0.25) is 0 Å². The number of rotatable bonds is 3. The average molecular weight is 236 g/mol. The maximum absolute atomic E-state index is 6.00. The second-order valence-electron chi connectivity index (χ2n) is 3.72. The Bertz CT molecular complexity index is 491. The average Bonchev–Trinajstić information content (AvgIpc) is 2.70. The summed E-state index contributed by atoms with van der Waals surface area (Å²) in [4.78, 5) is 4.15. The number of nitrogens with zero attached hydrogens (tertiary/aromatic N) is 2. The van der Waals surface area contributed by atoms with Crippen molar-refractivity contribution in [3.8, 4) is 5.69 Å². The molecule has 1 aromatic carbocycles. The number of imidazole rings is 1. The van der Waals surface area contributed by atoms with Crippen molar-refractivity contribution in [2.45, 2.75) is 13.3 Å². The van der Waals surface area contributed by atoms with E-state index in [0.29, 0.717) is 6.54 Å². The van der Waals surface area contributed by atoms with E-state index in [1.54, 1.807) is 6.33 Å². The molecule has 0 saturated heterocycles. The van der Waals surface area contributed by atoms with E-state index in [1.807, 2.05) is 29.0 Å². The van der Waals surface area contributed by atoms with Gasteiger partial charge in [0.05, 0.1) is 12.0 Å². The summed E-state index contributed by atoms with van der Waals surface area (Å²) in [6.07, 6.45) is 4.45. The Labute approximate surface area is 99.9 Å². The second-order valence-corrected chi connectivity index (χ2v) is 4.16. The first-order chi connectivity index (χ1) is 7.72. The van der Waals surface area contributed by atoms with Crippen LogP contribution >= 0.6 is 11.6 Å². The zero-order valence-corrected chi connectivity index (χ0v) is 9.91. The van der Waals surface area contributed by atoms with Crippen LogP contribution in [0.5, 0.6) is 0 Å². The molecule has 2 N–H and O–H groups in total. The van der Waals surface area contributed by atoms with Gasteiger partial charge in [0.1, 0.15) is 0 Å². The maximum Gasteiger partial charge on any atom is 0.0994 e. The van der Waals surface area contributed by atoms with Crippen LogP contribution in [-0.2, 0) is 6.42 Å². The summed E-state index contributed by atoms with van der Waals surface area (Å²) in [7, 11) is 0. The zero-order chi connectivity index (χ0) is 11.5. The van der Waals surface area contributed by atoms with E-state index in [2.05, 4.69) is 11.9 Å². The van der Waals surface area contributed by atoms with E-state index >= 15 is 0 Å². The van der Waals surface area contributed by atoms with Crippen molar-refractivity contribution in [3.05, 3.63) is 47.0 Å². The van der Waals surface area contributed by atoms with Crippen LogP contribution in [0.2, 0.25) is 5.02 Å². The Morgan fingerprint density at radius 2 is 2.25 bits per heavy atom. The SMILES string of the molecule is Cc1ccc(Cl)cc1-n1cncc1CCN. The summed E-state index contributed by atoms with van der Waals surface area (Å²) in [6, 6.07) is 5.84. The molecule has 0 spiro atoms. The van der Waals surface area contributed by atoms with Crippen LogP contribution in [0.25, 0.3) is 5.69 Å². The number of benzene rings is 1. The van der Waals surface area contributed by atoms with Crippen molar-refractivity contribution >= 4 is 11.6 Å². The van der Waals surface area contributed by atoms with E-state index in [1.165, 1.54) is 5.56 Å². The lowest BCUT2D eigenvalue weighted by atomic mass is 10.2. The van der Waals surface area contributed by atoms with E-state index < -0.39 is 0 Å². The predicted octanol–water partition coefficient (Wildman–Crippen LogP) is 2.34. The van der Waals surface area contributed by atoms with E-state index in [0.717, 1.165) is 22.8 Å². The summed E-state index contributed by atoms with van der Waals surface area (Å²) in [6.45, 7) is 2.67. The summed E-state index contributed by atoms with van der Waals surface area (Å²) in [5.41, 5.74) is 8.90. The standard InChI is InChI=1S/C12H14ClN3/c1-9-2-3-10(13)6-12(9)16-8-15-7-11(16)4-5-14/h2-3,6-8H,4-5,14H2,1H3. The molecule has 16 heavy (non-hydrogen) atoms. The molecule has 2 rings (SSSR count). The highest BCUT2D eigenvalue weighted by atomic mass is 35.5. The smallest absolute Gasteiger partial charge is 0.0994 e. The van der Waals surface area contributed by atoms with Crippen molar-refractivity contribution < 1.29 is 0 Å². The maximum atomic E-state index is 6.00. The van der Waals surface area contributed by atoms with Crippen LogP contribution in [0.4, 0.5) is 0 Å². The van der Waals surface area contributed by atoms with Crippen molar-refractivity contribution in [3.63, 3.8) is 0 Å². The number of aryl methyl sites for hydroxylation is 1. The normalized spacial score (nSPS) is 10.7. The topological polar surface area (TPSA) is 43.8 Å². The Hall–Kier alpha value is -1.32. The van der Waals surface area contributed by atoms with Gasteiger partial charge in [-0.25, -0.2) is 4.98 Å². The molecule has 0 atom stereocenters. The van der Waals surface area contributed by atoms with E-state index in [4.69, 9.17) is 17.3 Å². The minimum absolute atomic E-state index is 0.616. The predicted molar refractivity (Wildman–Crippen MR) is 66.1 cm³/mol. The molecule has 0 radical (unpaired) electrons. The van der Waals surface area contributed by atoms with Crippen molar-refractivity contribution in [2.75, 3.05) is 6.54 Å². The lowest BCUT2D eigenvalue weighted by Gasteiger charge is -2.10. The van der Waals surface area contributed by atoms with E-state index in [-0.39, 0.29) is 0 Å². The third-order valence-corrected chi connectivity index (χ3v) is 2.78. The molecular formula is C12H14ClN3. The van der Waals surface area contributed by atoms with Gasteiger partial charge in [0.25, 0.3) is 0 Å². The lowest BCUT2D eigenvalue weighted by molar-refractivity contribution is 0.870. The van der Waals surface area contributed by atoms with E-state index in [9.17, 15) is 0 Å². The Balaban J connectivity index is 2.49. The minimum atomic E-state index is 0.616. The summed E-state index contributed by atoms with van der Waals surface area (Å²) < 4.78 is 2.04. The third-order valence-electron chi connectivity index (χ3n) is 2.55. The molecule has 1 aromatic heterocycles. The Morgan fingerprint density at radius 3 is 3.00 bits per heavy atom. The van der Waals surface area contributed by atoms with Crippen LogP contribution in [0.15, 0.2) is 30.7 Å². The minimum Gasteiger partial charge on any atom is -0.330 e. The van der Waals surface area contributed by atoms with Crippen LogP contribution < -0.4 is 5.73 Å². The molecular weight excluding hydrogens is 222 g/mol. The highest BCUT2D eigenvalue weighted by Crippen LogP contribution is 2.20. The van der Waals surface area contributed by atoms with Gasteiger partial charge in [-0.2, -0.15) is 0 Å². The first kappa shape index (κ1) is 11.2. The van der Waals surface area contributed by atoms with Gasteiger partial charge < -0.3 is 10.3 Å². The molecule has 4 heteroatoms. The van der Waals surface area contributed by atoms with Gasteiger partial charge in [-0.3, -0.25) is 0 Å². The number of hydrogen-bond acceptors (Lipinski definition) is 2. The summed E-state index contributed by atoms with van der Waals surface area (Å²) >= 11 is 6.00. The Morgan fingerprint density at radius 1 is 1.44 bits per heavy atom. The van der Waals surface area contributed by atoms with Gasteiger partial charge in [0.15, 0.2) is 0 Å².